The van der Waals surface area contributed by atoms with Crippen LogP contribution in [0.5, 0.6) is 0 Å². The van der Waals surface area contributed by atoms with Crippen LogP contribution < -0.4 is 15.5 Å². The quantitative estimate of drug-likeness (QED) is 0.784. The molecule has 5 heteroatoms. The lowest BCUT2D eigenvalue weighted by Crippen LogP contribution is -2.36. The zero-order valence-electron chi connectivity index (χ0n) is 16.0. The molecule has 0 heterocycles. The highest BCUT2D eigenvalue weighted by Gasteiger charge is 2.32. The standard InChI is InChI=1S/C21H31N3O2/c1-3-24(4-2)19-13-11-18(12-14-19)23-21(26)16-7-5-15(6-8-16)20(25)22-17-9-10-17/h11-17H,3-10H2,1-2H3,(H,22,25)(H,23,26). The van der Waals surface area contributed by atoms with E-state index in [-0.39, 0.29) is 23.7 Å². The second-order valence-corrected chi connectivity index (χ2v) is 7.54. The van der Waals surface area contributed by atoms with Crippen molar-refractivity contribution >= 4 is 23.2 Å². The van der Waals surface area contributed by atoms with Gasteiger partial charge in [-0.25, -0.2) is 0 Å². The van der Waals surface area contributed by atoms with Crippen molar-refractivity contribution in [2.75, 3.05) is 23.3 Å². The number of hydrogen-bond acceptors (Lipinski definition) is 3. The Morgan fingerprint density at radius 2 is 1.42 bits per heavy atom. The molecule has 2 aliphatic carbocycles. The number of benzene rings is 1. The second kappa shape index (κ2) is 8.56. The van der Waals surface area contributed by atoms with Crippen LogP contribution in [0, 0.1) is 11.8 Å². The Morgan fingerprint density at radius 1 is 0.885 bits per heavy atom. The topological polar surface area (TPSA) is 61.4 Å². The van der Waals surface area contributed by atoms with Crippen LogP contribution in [0.15, 0.2) is 24.3 Å². The normalized spacial score (nSPS) is 22.5. The van der Waals surface area contributed by atoms with Gasteiger partial charge in [0.25, 0.3) is 0 Å². The van der Waals surface area contributed by atoms with E-state index in [9.17, 15) is 9.59 Å². The molecule has 2 aliphatic rings. The van der Waals surface area contributed by atoms with Gasteiger partial charge in [0.15, 0.2) is 0 Å². The number of rotatable bonds is 7. The van der Waals surface area contributed by atoms with Crippen molar-refractivity contribution in [2.45, 2.75) is 58.4 Å². The smallest absolute Gasteiger partial charge is 0.227 e. The fraction of sp³-hybridized carbons (Fsp3) is 0.619. The first-order valence-corrected chi connectivity index (χ1v) is 10.1. The van der Waals surface area contributed by atoms with Crippen molar-refractivity contribution in [2.24, 2.45) is 11.8 Å². The van der Waals surface area contributed by atoms with Gasteiger partial charge in [0, 0.05) is 42.3 Å². The Bertz CT molecular complexity index is 613. The minimum Gasteiger partial charge on any atom is -0.372 e. The maximum atomic E-state index is 12.5. The van der Waals surface area contributed by atoms with Gasteiger partial charge in [0.1, 0.15) is 0 Å². The number of hydrogen-bond donors (Lipinski definition) is 2. The van der Waals surface area contributed by atoms with Crippen molar-refractivity contribution in [1.29, 1.82) is 0 Å². The van der Waals surface area contributed by atoms with Gasteiger partial charge in [0.2, 0.25) is 11.8 Å². The molecule has 2 saturated carbocycles. The van der Waals surface area contributed by atoms with E-state index in [0.717, 1.165) is 57.3 Å². The SMILES string of the molecule is CCN(CC)c1ccc(NC(=O)C2CCC(C(=O)NC3CC3)CC2)cc1. The molecule has 0 saturated heterocycles. The Hall–Kier alpha value is -2.04. The van der Waals surface area contributed by atoms with E-state index in [1.165, 1.54) is 5.69 Å². The van der Waals surface area contributed by atoms with E-state index in [0.29, 0.717) is 6.04 Å². The molecule has 0 atom stereocenters. The van der Waals surface area contributed by atoms with Crippen molar-refractivity contribution in [1.82, 2.24) is 5.32 Å². The van der Waals surface area contributed by atoms with E-state index in [2.05, 4.69) is 41.5 Å². The fourth-order valence-corrected chi connectivity index (χ4v) is 3.75. The minimum absolute atomic E-state index is 0.0161. The van der Waals surface area contributed by atoms with Crippen molar-refractivity contribution in [3.05, 3.63) is 24.3 Å². The molecule has 1 aromatic carbocycles. The maximum absolute atomic E-state index is 12.5. The molecule has 2 fully saturated rings. The Balaban J connectivity index is 1.47. The van der Waals surface area contributed by atoms with E-state index in [1.807, 2.05) is 12.1 Å². The molecule has 3 rings (SSSR count). The van der Waals surface area contributed by atoms with Gasteiger partial charge in [-0.3, -0.25) is 9.59 Å². The number of carbonyl (C=O) groups excluding carboxylic acids is 2. The van der Waals surface area contributed by atoms with E-state index < -0.39 is 0 Å². The molecule has 5 nitrogen and oxygen atoms in total. The molecule has 2 amide bonds. The summed E-state index contributed by atoms with van der Waals surface area (Å²) >= 11 is 0. The average molecular weight is 357 g/mol. The summed E-state index contributed by atoms with van der Waals surface area (Å²) in [7, 11) is 0. The predicted octanol–water partition coefficient (Wildman–Crippen LogP) is 3.56. The molecule has 142 valence electrons. The summed E-state index contributed by atoms with van der Waals surface area (Å²) in [6.45, 7) is 6.22. The first kappa shape index (κ1) is 18.7. The van der Waals surface area contributed by atoms with Crippen LogP contribution in [0.2, 0.25) is 0 Å². The van der Waals surface area contributed by atoms with Crippen LogP contribution in [0.3, 0.4) is 0 Å². The Kier molecular flexibility index (Phi) is 6.17. The first-order valence-electron chi connectivity index (χ1n) is 10.1. The van der Waals surface area contributed by atoms with Crippen LogP contribution in [0.25, 0.3) is 0 Å². The van der Waals surface area contributed by atoms with Gasteiger partial charge >= 0.3 is 0 Å². The molecule has 1 aromatic rings. The summed E-state index contributed by atoms with van der Waals surface area (Å²) in [6, 6.07) is 8.48. The predicted molar refractivity (Wildman–Crippen MR) is 105 cm³/mol. The summed E-state index contributed by atoms with van der Waals surface area (Å²) in [5.41, 5.74) is 2.02. The van der Waals surface area contributed by atoms with Gasteiger partial charge in [-0.15, -0.1) is 0 Å². The third-order valence-corrected chi connectivity index (χ3v) is 5.66. The summed E-state index contributed by atoms with van der Waals surface area (Å²) < 4.78 is 0. The van der Waals surface area contributed by atoms with Gasteiger partial charge in [-0.1, -0.05) is 0 Å². The molecule has 26 heavy (non-hydrogen) atoms. The monoisotopic (exact) mass is 357 g/mol. The highest BCUT2D eigenvalue weighted by Crippen LogP contribution is 2.31. The number of anilines is 2. The lowest BCUT2D eigenvalue weighted by Gasteiger charge is -2.27. The second-order valence-electron chi connectivity index (χ2n) is 7.54. The van der Waals surface area contributed by atoms with Crippen LogP contribution >= 0.6 is 0 Å². The summed E-state index contributed by atoms with van der Waals surface area (Å²) in [5.74, 6) is 0.385. The number of carbonyl (C=O) groups is 2. The fourth-order valence-electron chi connectivity index (χ4n) is 3.75. The van der Waals surface area contributed by atoms with E-state index in [1.54, 1.807) is 0 Å². The third-order valence-electron chi connectivity index (χ3n) is 5.66. The molecule has 0 radical (unpaired) electrons. The lowest BCUT2D eigenvalue weighted by atomic mass is 9.81. The summed E-state index contributed by atoms with van der Waals surface area (Å²) in [5, 5.41) is 6.13. The number of amides is 2. The van der Waals surface area contributed by atoms with Gasteiger partial charge < -0.3 is 15.5 Å². The van der Waals surface area contributed by atoms with E-state index in [4.69, 9.17) is 0 Å². The zero-order valence-corrected chi connectivity index (χ0v) is 16.0. The summed E-state index contributed by atoms with van der Waals surface area (Å²) in [6.07, 6.45) is 5.47. The largest absolute Gasteiger partial charge is 0.372 e. The lowest BCUT2D eigenvalue weighted by molar-refractivity contribution is -0.128. The highest BCUT2D eigenvalue weighted by atomic mass is 16.2. The van der Waals surface area contributed by atoms with Gasteiger partial charge in [0.05, 0.1) is 0 Å². The molecule has 0 bridgehead atoms. The average Bonchev–Trinajstić information content (AvgIpc) is 3.48. The molecule has 2 N–H and O–H groups in total. The first-order chi connectivity index (χ1) is 12.6. The van der Waals surface area contributed by atoms with Crippen LogP contribution in [0.4, 0.5) is 11.4 Å². The zero-order chi connectivity index (χ0) is 18.5. The third kappa shape index (κ3) is 4.77. The number of nitrogens with one attached hydrogen (secondary N) is 2. The minimum atomic E-state index is 0.0161. The van der Waals surface area contributed by atoms with Gasteiger partial charge in [-0.2, -0.15) is 0 Å². The molecule has 0 unspecified atom stereocenters. The van der Waals surface area contributed by atoms with Crippen molar-refractivity contribution in [3.8, 4) is 0 Å². The summed E-state index contributed by atoms with van der Waals surface area (Å²) in [4.78, 5) is 27.0. The van der Waals surface area contributed by atoms with Crippen molar-refractivity contribution < 1.29 is 9.59 Å². The molecule has 0 aromatic heterocycles. The van der Waals surface area contributed by atoms with Crippen LogP contribution in [-0.2, 0) is 9.59 Å². The molecule has 0 aliphatic heterocycles. The van der Waals surface area contributed by atoms with Crippen molar-refractivity contribution in [3.63, 3.8) is 0 Å². The molecular weight excluding hydrogens is 326 g/mol. The Labute approximate surface area is 156 Å². The van der Waals surface area contributed by atoms with Crippen LogP contribution in [0.1, 0.15) is 52.4 Å². The van der Waals surface area contributed by atoms with E-state index >= 15 is 0 Å². The highest BCUT2D eigenvalue weighted by molar-refractivity contribution is 5.93. The molecular formula is C21H31N3O2. The maximum Gasteiger partial charge on any atom is 0.227 e. The van der Waals surface area contributed by atoms with Crippen LogP contribution in [-0.4, -0.2) is 30.9 Å². The van der Waals surface area contributed by atoms with Gasteiger partial charge in [-0.05, 0) is 76.6 Å². The Morgan fingerprint density at radius 3 is 1.92 bits per heavy atom. The number of nitrogens with zero attached hydrogens (tertiary/aromatic N) is 1. The molecule has 0 spiro atoms.